The molecule has 1 aliphatic heterocycles. The molecule has 1 aliphatic rings. The van der Waals surface area contributed by atoms with Gasteiger partial charge in [0.05, 0.1) is 0 Å². The Morgan fingerprint density at radius 1 is 1.16 bits per heavy atom. The fourth-order valence-electron chi connectivity index (χ4n) is 3.02. The summed E-state index contributed by atoms with van der Waals surface area (Å²) in [5, 5.41) is 3.20. The van der Waals surface area contributed by atoms with Crippen molar-refractivity contribution in [3.63, 3.8) is 0 Å². The van der Waals surface area contributed by atoms with Gasteiger partial charge >= 0.3 is 0 Å². The van der Waals surface area contributed by atoms with Gasteiger partial charge in [0, 0.05) is 13.1 Å². The average molecular weight is 260 g/mol. The lowest BCUT2D eigenvalue weighted by molar-refractivity contribution is 0.111. The second kappa shape index (κ2) is 6.53. The van der Waals surface area contributed by atoms with E-state index < -0.39 is 0 Å². The molecule has 2 heteroatoms. The van der Waals surface area contributed by atoms with Gasteiger partial charge < -0.3 is 5.32 Å². The Labute approximate surface area is 118 Å². The number of nitrogens with zero attached hydrogens (tertiary/aromatic N) is 1. The second-order valence-electron chi connectivity index (χ2n) is 6.65. The van der Waals surface area contributed by atoms with Crippen molar-refractivity contribution in [1.29, 1.82) is 0 Å². The lowest BCUT2D eigenvalue weighted by atomic mass is 9.84. The molecule has 0 radical (unpaired) electrons. The van der Waals surface area contributed by atoms with Gasteiger partial charge in [-0.15, -0.1) is 0 Å². The van der Waals surface area contributed by atoms with Gasteiger partial charge in [-0.3, -0.25) is 4.90 Å². The molecule has 0 bridgehead atoms. The standard InChI is InChI=1S/C17H28N2/c1-17(2)10-4-12-19(14-17)13-16-7-5-15(6-8-16)9-11-18-3/h5-8,18H,4,9-14H2,1-3H3. The Hall–Kier alpha value is -0.860. The molecule has 0 aromatic heterocycles. The summed E-state index contributed by atoms with van der Waals surface area (Å²) in [7, 11) is 2.01. The first-order valence-electron chi connectivity index (χ1n) is 7.54. The molecule has 1 aromatic carbocycles. The summed E-state index contributed by atoms with van der Waals surface area (Å²) in [6, 6.07) is 9.16. The highest BCUT2D eigenvalue weighted by Gasteiger charge is 2.25. The number of likely N-dealkylation sites (N-methyl/N-ethyl adjacent to an activating group) is 1. The molecule has 2 rings (SSSR count). The summed E-state index contributed by atoms with van der Waals surface area (Å²) < 4.78 is 0. The van der Waals surface area contributed by atoms with Crippen LogP contribution >= 0.6 is 0 Å². The molecule has 0 spiro atoms. The van der Waals surface area contributed by atoms with E-state index in [2.05, 4.69) is 48.3 Å². The van der Waals surface area contributed by atoms with Crippen LogP contribution in [0.4, 0.5) is 0 Å². The van der Waals surface area contributed by atoms with Crippen LogP contribution < -0.4 is 5.32 Å². The van der Waals surface area contributed by atoms with Crippen molar-refractivity contribution in [1.82, 2.24) is 10.2 Å². The van der Waals surface area contributed by atoms with Crippen molar-refractivity contribution >= 4 is 0 Å². The van der Waals surface area contributed by atoms with Crippen LogP contribution in [-0.4, -0.2) is 31.6 Å². The zero-order valence-electron chi connectivity index (χ0n) is 12.7. The van der Waals surface area contributed by atoms with Gasteiger partial charge in [0.15, 0.2) is 0 Å². The maximum atomic E-state index is 3.20. The molecule has 0 aliphatic carbocycles. The van der Waals surface area contributed by atoms with Crippen LogP contribution in [0, 0.1) is 5.41 Å². The Morgan fingerprint density at radius 2 is 1.84 bits per heavy atom. The minimum Gasteiger partial charge on any atom is -0.319 e. The van der Waals surface area contributed by atoms with Gasteiger partial charge in [0.1, 0.15) is 0 Å². The van der Waals surface area contributed by atoms with Gasteiger partial charge in [0.25, 0.3) is 0 Å². The molecule has 2 nitrogen and oxygen atoms in total. The SMILES string of the molecule is CNCCc1ccc(CN2CCCC(C)(C)C2)cc1. The van der Waals surface area contributed by atoms with E-state index in [9.17, 15) is 0 Å². The normalized spacial score (nSPS) is 19.5. The Bertz CT molecular complexity index is 381. The van der Waals surface area contributed by atoms with E-state index in [0.29, 0.717) is 5.41 Å². The molecule has 106 valence electrons. The predicted molar refractivity (Wildman–Crippen MR) is 82.4 cm³/mol. The van der Waals surface area contributed by atoms with E-state index >= 15 is 0 Å². The summed E-state index contributed by atoms with van der Waals surface area (Å²) in [5.41, 5.74) is 3.37. The first-order valence-corrected chi connectivity index (χ1v) is 7.54. The zero-order chi connectivity index (χ0) is 13.7. The smallest absolute Gasteiger partial charge is 0.0233 e. The molecule has 1 N–H and O–H groups in total. The highest BCUT2D eigenvalue weighted by molar-refractivity contribution is 5.22. The van der Waals surface area contributed by atoms with Crippen molar-refractivity contribution in [2.24, 2.45) is 5.41 Å². The topological polar surface area (TPSA) is 15.3 Å². The van der Waals surface area contributed by atoms with Gasteiger partial charge in [0.2, 0.25) is 0 Å². The van der Waals surface area contributed by atoms with Crippen LogP contribution in [-0.2, 0) is 13.0 Å². The van der Waals surface area contributed by atoms with Crippen molar-refractivity contribution in [3.8, 4) is 0 Å². The van der Waals surface area contributed by atoms with Crippen molar-refractivity contribution in [3.05, 3.63) is 35.4 Å². The molecule has 1 saturated heterocycles. The van der Waals surface area contributed by atoms with Crippen LogP contribution in [0.5, 0.6) is 0 Å². The van der Waals surface area contributed by atoms with E-state index in [4.69, 9.17) is 0 Å². The number of nitrogens with one attached hydrogen (secondary N) is 1. The van der Waals surface area contributed by atoms with E-state index in [-0.39, 0.29) is 0 Å². The van der Waals surface area contributed by atoms with Gasteiger partial charge in [-0.05, 0) is 55.9 Å². The molecular weight excluding hydrogens is 232 g/mol. The summed E-state index contributed by atoms with van der Waals surface area (Å²) in [4.78, 5) is 2.60. The van der Waals surface area contributed by atoms with E-state index in [0.717, 1.165) is 19.5 Å². The predicted octanol–water partition coefficient (Wildman–Crippen LogP) is 3.07. The van der Waals surface area contributed by atoms with Crippen molar-refractivity contribution < 1.29 is 0 Å². The summed E-state index contributed by atoms with van der Waals surface area (Å²) >= 11 is 0. The largest absolute Gasteiger partial charge is 0.319 e. The minimum absolute atomic E-state index is 0.491. The summed E-state index contributed by atoms with van der Waals surface area (Å²) in [6.45, 7) is 9.43. The molecule has 1 fully saturated rings. The Kier molecular flexibility index (Phi) is 5.00. The zero-order valence-corrected chi connectivity index (χ0v) is 12.7. The molecule has 1 heterocycles. The van der Waals surface area contributed by atoms with Gasteiger partial charge in [-0.2, -0.15) is 0 Å². The van der Waals surface area contributed by atoms with Crippen LogP contribution in [0.1, 0.15) is 37.8 Å². The highest BCUT2D eigenvalue weighted by Crippen LogP contribution is 2.29. The first kappa shape index (κ1) is 14.5. The number of piperidine rings is 1. The third-order valence-corrected chi connectivity index (χ3v) is 4.07. The molecule has 0 unspecified atom stereocenters. The highest BCUT2D eigenvalue weighted by atomic mass is 15.1. The van der Waals surface area contributed by atoms with E-state index in [1.807, 2.05) is 7.05 Å². The third-order valence-electron chi connectivity index (χ3n) is 4.07. The third kappa shape index (κ3) is 4.63. The minimum atomic E-state index is 0.491. The summed E-state index contributed by atoms with van der Waals surface area (Å²) in [6.07, 6.45) is 3.83. The number of hydrogen-bond donors (Lipinski definition) is 1. The molecule has 0 saturated carbocycles. The maximum Gasteiger partial charge on any atom is 0.0233 e. The van der Waals surface area contributed by atoms with Crippen LogP contribution in [0.3, 0.4) is 0 Å². The average Bonchev–Trinajstić information content (AvgIpc) is 2.37. The Balaban J connectivity index is 1.88. The quantitative estimate of drug-likeness (QED) is 0.875. The van der Waals surface area contributed by atoms with Crippen LogP contribution in [0.15, 0.2) is 24.3 Å². The van der Waals surface area contributed by atoms with E-state index in [1.54, 1.807) is 0 Å². The fraction of sp³-hybridized carbons (Fsp3) is 0.647. The van der Waals surface area contributed by atoms with E-state index in [1.165, 1.54) is 37.1 Å². The van der Waals surface area contributed by atoms with Gasteiger partial charge in [-0.25, -0.2) is 0 Å². The lowest BCUT2D eigenvalue weighted by Crippen LogP contribution is -2.39. The Morgan fingerprint density at radius 3 is 2.47 bits per heavy atom. The molecule has 0 amide bonds. The summed E-state index contributed by atoms with van der Waals surface area (Å²) in [5.74, 6) is 0. The molecule has 19 heavy (non-hydrogen) atoms. The number of hydrogen-bond acceptors (Lipinski definition) is 2. The van der Waals surface area contributed by atoms with Crippen molar-refractivity contribution in [2.45, 2.75) is 39.7 Å². The maximum absolute atomic E-state index is 3.20. The molecule has 0 atom stereocenters. The number of likely N-dealkylation sites (tertiary alicyclic amines) is 1. The van der Waals surface area contributed by atoms with Crippen LogP contribution in [0.2, 0.25) is 0 Å². The van der Waals surface area contributed by atoms with Crippen LogP contribution in [0.25, 0.3) is 0 Å². The number of rotatable bonds is 5. The van der Waals surface area contributed by atoms with Crippen molar-refractivity contribution in [2.75, 3.05) is 26.7 Å². The fourth-order valence-corrected chi connectivity index (χ4v) is 3.02. The molecule has 1 aromatic rings. The lowest BCUT2D eigenvalue weighted by Gasteiger charge is -2.38. The number of benzene rings is 1. The monoisotopic (exact) mass is 260 g/mol. The van der Waals surface area contributed by atoms with Gasteiger partial charge in [-0.1, -0.05) is 38.1 Å². The first-order chi connectivity index (χ1) is 9.09. The second-order valence-corrected chi connectivity index (χ2v) is 6.65. The molecular formula is C17H28N2.